The van der Waals surface area contributed by atoms with E-state index in [1.54, 1.807) is 6.20 Å². The van der Waals surface area contributed by atoms with Gasteiger partial charge in [-0.15, -0.1) is 0 Å². The van der Waals surface area contributed by atoms with Gasteiger partial charge in [0.1, 0.15) is 13.2 Å². The van der Waals surface area contributed by atoms with Gasteiger partial charge in [0.15, 0.2) is 11.5 Å². The van der Waals surface area contributed by atoms with E-state index < -0.39 is 0 Å². The van der Waals surface area contributed by atoms with Crippen LogP contribution in [0, 0.1) is 0 Å². The highest BCUT2D eigenvalue weighted by Crippen LogP contribution is 2.35. The quantitative estimate of drug-likeness (QED) is 0.923. The van der Waals surface area contributed by atoms with Crippen LogP contribution in [0.1, 0.15) is 23.7 Å². The minimum atomic E-state index is -0.0274. The molecular weight excluding hydrogens is 322 g/mol. The number of amides is 1. The molecule has 0 radical (unpaired) electrons. The molecule has 132 valence electrons. The van der Waals surface area contributed by atoms with Gasteiger partial charge >= 0.3 is 0 Å². The van der Waals surface area contributed by atoms with Gasteiger partial charge in [0.05, 0.1) is 30.2 Å². The van der Waals surface area contributed by atoms with Gasteiger partial charge in [0, 0.05) is 18.7 Å². The van der Waals surface area contributed by atoms with Crippen molar-refractivity contribution in [1.82, 2.24) is 15.1 Å². The molecule has 1 N–H and O–H groups in total. The van der Waals surface area contributed by atoms with E-state index in [0.717, 1.165) is 17.7 Å². The van der Waals surface area contributed by atoms with E-state index in [-0.39, 0.29) is 12.0 Å². The average molecular weight is 343 g/mol. The summed E-state index contributed by atoms with van der Waals surface area (Å²) in [5.74, 6) is 1.39. The number of H-pyrrole nitrogens is 1. The van der Waals surface area contributed by atoms with Crippen LogP contribution < -0.4 is 9.47 Å². The lowest BCUT2D eigenvalue weighted by atomic mass is 10.1. The molecule has 1 fully saturated rings. The van der Waals surface area contributed by atoms with Gasteiger partial charge in [-0.3, -0.25) is 9.89 Å². The van der Waals surface area contributed by atoms with E-state index in [0.29, 0.717) is 49.9 Å². The number of rotatable bonds is 3. The van der Waals surface area contributed by atoms with Gasteiger partial charge in [-0.25, -0.2) is 0 Å². The lowest BCUT2D eigenvalue weighted by Gasteiger charge is -2.32. The molecule has 4 rings (SSSR count). The molecule has 0 aliphatic carbocycles. The van der Waals surface area contributed by atoms with E-state index in [2.05, 4.69) is 17.1 Å². The maximum absolute atomic E-state index is 13.0. The third-order valence-electron chi connectivity index (χ3n) is 4.58. The van der Waals surface area contributed by atoms with Crippen molar-refractivity contribution in [3.05, 3.63) is 30.0 Å². The van der Waals surface area contributed by atoms with E-state index in [1.807, 2.05) is 23.1 Å². The van der Waals surface area contributed by atoms with E-state index in [4.69, 9.17) is 14.2 Å². The number of morpholine rings is 1. The van der Waals surface area contributed by atoms with Crippen molar-refractivity contribution in [3.63, 3.8) is 0 Å². The summed E-state index contributed by atoms with van der Waals surface area (Å²) >= 11 is 0. The first-order chi connectivity index (χ1) is 12.3. The molecule has 7 heteroatoms. The van der Waals surface area contributed by atoms with Crippen molar-refractivity contribution in [2.24, 2.45) is 0 Å². The first-order valence-corrected chi connectivity index (χ1v) is 8.60. The molecule has 0 bridgehead atoms. The summed E-state index contributed by atoms with van der Waals surface area (Å²) in [5.41, 5.74) is 2.11. The third kappa shape index (κ3) is 3.07. The Balaban J connectivity index is 1.61. The fourth-order valence-electron chi connectivity index (χ4n) is 3.19. The molecular formula is C18H21N3O4. The number of benzene rings is 1. The summed E-state index contributed by atoms with van der Waals surface area (Å²) in [7, 11) is 0. The smallest absolute Gasteiger partial charge is 0.257 e. The molecule has 1 aromatic heterocycles. The van der Waals surface area contributed by atoms with Gasteiger partial charge in [-0.05, 0) is 24.6 Å². The maximum Gasteiger partial charge on any atom is 0.257 e. The van der Waals surface area contributed by atoms with E-state index in [1.165, 1.54) is 0 Å². The average Bonchev–Trinajstić information content (AvgIpc) is 3.17. The number of carbonyl (C=O) groups is 1. The molecule has 2 aliphatic rings. The highest BCUT2D eigenvalue weighted by molar-refractivity contribution is 6.00. The Labute approximate surface area is 145 Å². The second kappa shape index (κ2) is 6.76. The molecule has 3 heterocycles. The third-order valence-corrected chi connectivity index (χ3v) is 4.58. The molecule has 0 saturated carbocycles. The number of hydrogen-bond donors (Lipinski definition) is 1. The largest absolute Gasteiger partial charge is 0.486 e. The van der Waals surface area contributed by atoms with Crippen molar-refractivity contribution >= 4 is 5.91 Å². The van der Waals surface area contributed by atoms with Crippen molar-refractivity contribution in [1.29, 1.82) is 0 Å². The number of nitrogens with zero attached hydrogens (tertiary/aromatic N) is 2. The predicted octanol–water partition coefficient (Wildman–Crippen LogP) is 2.10. The first-order valence-electron chi connectivity index (χ1n) is 8.60. The van der Waals surface area contributed by atoms with Gasteiger partial charge in [0.2, 0.25) is 0 Å². The summed E-state index contributed by atoms with van der Waals surface area (Å²) in [6.45, 7) is 4.92. The van der Waals surface area contributed by atoms with Gasteiger partial charge in [0.25, 0.3) is 5.91 Å². The highest BCUT2D eigenvalue weighted by atomic mass is 16.6. The highest BCUT2D eigenvalue weighted by Gasteiger charge is 2.27. The fraction of sp³-hybridized carbons (Fsp3) is 0.444. The summed E-state index contributed by atoms with van der Waals surface area (Å²) in [4.78, 5) is 14.8. The standard InChI is InChI=1S/C18H21N3O4/c1-2-13-11-21(5-6-23-13)18(22)14-10-19-20-17(14)12-3-4-15-16(9-12)25-8-7-24-15/h3-4,9-10,13H,2,5-8,11H2,1H3,(H,19,20)/t13-/m0/s1. The monoisotopic (exact) mass is 343 g/mol. The molecule has 2 aromatic rings. The summed E-state index contributed by atoms with van der Waals surface area (Å²) < 4.78 is 16.8. The minimum Gasteiger partial charge on any atom is -0.486 e. The Hall–Kier alpha value is -2.54. The number of nitrogens with one attached hydrogen (secondary N) is 1. The Bertz CT molecular complexity index is 773. The van der Waals surface area contributed by atoms with Crippen LogP contribution in [0.4, 0.5) is 0 Å². The van der Waals surface area contributed by atoms with Crippen molar-refractivity contribution in [3.8, 4) is 22.8 Å². The van der Waals surface area contributed by atoms with Crippen molar-refractivity contribution in [2.75, 3.05) is 32.9 Å². The normalized spacial score (nSPS) is 19.7. The number of hydrogen-bond acceptors (Lipinski definition) is 5. The van der Waals surface area contributed by atoms with Crippen LogP contribution >= 0.6 is 0 Å². The fourth-order valence-corrected chi connectivity index (χ4v) is 3.19. The zero-order valence-corrected chi connectivity index (χ0v) is 14.2. The molecule has 1 amide bonds. The second-order valence-corrected chi connectivity index (χ2v) is 6.17. The molecule has 0 spiro atoms. The van der Waals surface area contributed by atoms with Crippen molar-refractivity contribution in [2.45, 2.75) is 19.4 Å². The summed E-state index contributed by atoms with van der Waals surface area (Å²) in [6, 6.07) is 5.65. The Morgan fingerprint density at radius 3 is 2.96 bits per heavy atom. The Morgan fingerprint density at radius 1 is 1.28 bits per heavy atom. The maximum atomic E-state index is 13.0. The van der Waals surface area contributed by atoms with Crippen LogP contribution in [0.5, 0.6) is 11.5 Å². The van der Waals surface area contributed by atoms with Crippen LogP contribution in [0.2, 0.25) is 0 Å². The van der Waals surface area contributed by atoms with Crippen LogP contribution in [-0.2, 0) is 4.74 Å². The topological polar surface area (TPSA) is 76.7 Å². The van der Waals surface area contributed by atoms with Crippen molar-refractivity contribution < 1.29 is 19.0 Å². The van der Waals surface area contributed by atoms with Gasteiger partial charge in [-0.1, -0.05) is 6.92 Å². The lowest BCUT2D eigenvalue weighted by molar-refractivity contribution is -0.0226. The van der Waals surface area contributed by atoms with E-state index >= 15 is 0 Å². The Kier molecular flexibility index (Phi) is 4.31. The van der Waals surface area contributed by atoms with E-state index in [9.17, 15) is 4.79 Å². The zero-order valence-electron chi connectivity index (χ0n) is 14.2. The molecule has 0 unspecified atom stereocenters. The minimum absolute atomic E-state index is 0.0274. The van der Waals surface area contributed by atoms with Crippen LogP contribution in [-0.4, -0.2) is 60.0 Å². The van der Waals surface area contributed by atoms with Gasteiger partial charge < -0.3 is 19.1 Å². The molecule has 1 aromatic carbocycles. The van der Waals surface area contributed by atoms with Gasteiger partial charge in [-0.2, -0.15) is 5.10 Å². The number of fused-ring (bicyclic) bond motifs is 1. The summed E-state index contributed by atoms with van der Waals surface area (Å²) in [6.07, 6.45) is 2.58. The molecule has 25 heavy (non-hydrogen) atoms. The SMILES string of the molecule is CC[C@H]1CN(C(=O)c2cn[nH]c2-c2ccc3c(c2)OCCO3)CCO1. The lowest BCUT2D eigenvalue weighted by Crippen LogP contribution is -2.45. The predicted molar refractivity (Wildman–Crippen MR) is 90.9 cm³/mol. The van der Waals surface area contributed by atoms with Crippen LogP contribution in [0.15, 0.2) is 24.4 Å². The zero-order chi connectivity index (χ0) is 17.2. The molecule has 1 atom stereocenters. The van der Waals surface area contributed by atoms with Crippen LogP contribution in [0.25, 0.3) is 11.3 Å². The number of carbonyl (C=O) groups excluding carboxylic acids is 1. The Morgan fingerprint density at radius 2 is 2.12 bits per heavy atom. The number of ether oxygens (including phenoxy) is 3. The molecule has 2 aliphatic heterocycles. The summed E-state index contributed by atoms with van der Waals surface area (Å²) in [5, 5.41) is 7.04. The molecule has 7 nitrogen and oxygen atoms in total. The number of aromatic nitrogens is 2. The molecule has 1 saturated heterocycles. The van der Waals surface area contributed by atoms with Crippen LogP contribution in [0.3, 0.4) is 0 Å². The second-order valence-electron chi connectivity index (χ2n) is 6.17. The first kappa shape index (κ1) is 16.0. The number of aromatic amines is 1.